The Labute approximate surface area is 217 Å². The first kappa shape index (κ1) is 23.3. The minimum atomic E-state index is 0.547. The maximum Gasteiger partial charge on any atom is 0.143 e. The van der Waals surface area contributed by atoms with Crippen molar-refractivity contribution in [2.45, 2.75) is 32.4 Å². The van der Waals surface area contributed by atoms with Gasteiger partial charge in [-0.25, -0.2) is 9.97 Å². The number of nitrogens with zero attached hydrogens (tertiary/aromatic N) is 3. The number of fused-ring (bicyclic) bond motifs is 1. The summed E-state index contributed by atoms with van der Waals surface area (Å²) in [5.74, 6) is 1.60. The Morgan fingerprint density at radius 1 is 0.811 bits per heavy atom. The molecule has 1 saturated heterocycles. The average molecular weight is 490 g/mol. The van der Waals surface area contributed by atoms with E-state index in [-0.39, 0.29) is 0 Å². The molecular weight excluding hydrogens is 458 g/mol. The normalized spacial score (nSPS) is 14.1. The van der Waals surface area contributed by atoms with Gasteiger partial charge in [-0.2, -0.15) is 0 Å². The number of benzene rings is 3. The van der Waals surface area contributed by atoms with Crippen molar-refractivity contribution in [3.05, 3.63) is 102 Å². The van der Waals surface area contributed by atoms with Gasteiger partial charge < -0.3 is 15.0 Å². The molecule has 0 aliphatic carbocycles. The van der Waals surface area contributed by atoms with Gasteiger partial charge in [0.2, 0.25) is 0 Å². The Bertz CT molecular complexity index is 1440. The van der Waals surface area contributed by atoms with Gasteiger partial charge in [0.05, 0.1) is 5.39 Å². The summed E-state index contributed by atoms with van der Waals surface area (Å²) >= 11 is 0. The lowest BCUT2D eigenvalue weighted by Gasteiger charge is -2.26. The number of aromatic amines is 1. The van der Waals surface area contributed by atoms with E-state index in [0.717, 1.165) is 51.7 Å². The second-order valence-corrected chi connectivity index (χ2v) is 9.62. The molecule has 3 heterocycles. The summed E-state index contributed by atoms with van der Waals surface area (Å²) < 4.78 is 5.91. The summed E-state index contributed by atoms with van der Waals surface area (Å²) in [4.78, 5) is 15.0. The van der Waals surface area contributed by atoms with E-state index in [2.05, 4.69) is 67.6 Å². The highest BCUT2D eigenvalue weighted by Gasteiger charge is 2.12. The zero-order valence-corrected chi connectivity index (χ0v) is 20.9. The number of anilines is 2. The maximum absolute atomic E-state index is 5.91. The number of hydrogen-bond donors (Lipinski definition) is 2. The predicted molar refractivity (Wildman–Crippen MR) is 149 cm³/mol. The molecule has 37 heavy (non-hydrogen) atoms. The molecular formula is C31H31N5O. The van der Waals surface area contributed by atoms with Gasteiger partial charge in [-0.15, -0.1) is 0 Å². The third-order valence-electron chi connectivity index (χ3n) is 6.91. The van der Waals surface area contributed by atoms with Crippen LogP contribution < -0.4 is 10.1 Å². The monoisotopic (exact) mass is 489 g/mol. The fraction of sp³-hybridized carbons (Fsp3) is 0.226. The minimum absolute atomic E-state index is 0.547. The first-order chi connectivity index (χ1) is 18.3. The highest BCUT2D eigenvalue weighted by Crippen LogP contribution is 2.29. The van der Waals surface area contributed by atoms with Crippen molar-refractivity contribution in [1.82, 2.24) is 19.9 Å². The van der Waals surface area contributed by atoms with Crippen LogP contribution in [0.5, 0.6) is 5.75 Å². The van der Waals surface area contributed by atoms with Crippen LogP contribution in [0.1, 0.15) is 30.4 Å². The van der Waals surface area contributed by atoms with Gasteiger partial charge in [0.1, 0.15) is 30.1 Å². The van der Waals surface area contributed by atoms with Crippen molar-refractivity contribution >= 4 is 22.5 Å². The molecule has 6 rings (SSSR count). The number of hydrogen-bond acceptors (Lipinski definition) is 5. The van der Waals surface area contributed by atoms with E-state index in [9.17, 15) is 0 Å². The number of nitrogens with one attached hydrogen (secondary N) is 2. The zero-order valence-electron chi connectivity index (χ0n) is 20.9. The Hall–Kier alpha value is -4.16. The third-order valence-corrected chi connectivity index (χ3v) is 6.91. The van der Waals surface area contributed by atoms with Crippen LogP contribution in [0.15, 0.2) is 91.3 Å². The van der Waals surface area contributed by atoms with Gasteiger partial charge >= 0.3 is 0 Å². The average Bonchev–Trinajstić information content (AvgIpc) is 3.40. The Morgan fingerprint density at radius 2 is 1.59 bits per heavy atom. The van der Waals surface area contributed by atoms with Crippen molar-refractivity contribution in [2.75, 3.05) is 18.4 Å². The molecule has 186 valence electrons. The molecule has 0 bridgehead atoms. The van der Waals surface area contributed by atoms with Crippen LogP contribution in [0.2, 0.25) is 0 Å². The fourth-order valence-corrected chi connectivity index (χ4v) is 4.87. The lowest BCUT2D eigenvalue weighted by molar-refractivity contribution is 0.221. The van der Waals surface area contributed by atoms with Crippen molar-refractivity contribution in [1.29, 1.82) is 0 Å². The maximum atomic E-state index is 5.91. The molecule has 0 spiro atoms. The van der Waals surface area contributed by atoms with Crippen LogP contribution in [0.3, 0.4) is 0 Å². The predicted octanol–water partition coefficient (Wildman–Crippen LogP) is 6.93. The summed E-state index contributed by atoms with van der Waals surface area (Å²) in [5.41, 5.74) is 6.44. The number of ether oxygens (including phenoxy) is 1. The van der Waals surface area contributed by atoms with E-state index in [1.165, 1.54) is 37.9 Å². The zero-order chi connectivity index (χ0) is 24.9. The van der Waals surface area contributed by atoms with E-state index in [0.29, 0.717) is 6.61 Å². The summed E-state index contributed by atoms with van der Waals surface area (Å²) in [6, 6.07) is 29.1. The first-order valence-electron chi connectivity index (χ1n) is 13.0. The highest BCUT2D eigenvalue weighted by atomic mass is 16.5. The molecule has 0 unspecified atom stereocenters. The molecule has 5 aromatic rings. The quantitative estimate of drug-likeness (QED) is 0.247. The number of piperidine rings is 1. The molecule has 6 heteroatoms. The second-order valence-electron chi connectivity index (χ2n) is 9.62. The smallest absolute Gasteiger partial charge is 0.143 e. The topological polar surface area (TPSA) is 66.1 Å². The lowest BCUT2D eigenvalue weighted by atomic mass is 10.1. The van der Waals surface area contributed by atoms with E-state index >= 15 is 0 Å². The van der Waals surface area contributed by atoms with Gasteiger partial charge in [-0.3, -0.25) is 4.90 Å². The van der Waals surface area contributed by atoms with E-state index in [4.69, 9.17) is 4.74 Å². The minimum Gasteiger partial charge on any atom is -0.489 e. The Balaban J connectivity index is 1.14. The van der Waals surface area contributed by atoms with Gasteiger partial charge in [-0.05, 0) is 73.0 Å². The summed E-state index contributed by atoms with van der Waals surface area (Å²) in [5, 5.41) is 4.39. The highest BCUT2D eigenvalue weighted by molar-refractivity contribution is 5.92. The van der Waals surface area contributed by atoms with Gasteiger partial charge in [0.25, 0.3) is 0 Å². The molecule has 1 aliphatic rings. The van der Waals surface area contributed by atoms with Gasteiger partial charge in [-0.1, -0.05) is 61.0 Å². The van der Waals surface area contributed by atoms with Gasteiger partial charge in [0.15, 0.2) is 0 Å². The summed E-state index contributed by atoms with van der Waals surface area (Å²) in [7, 11) is 0. The van der Waals surface area contributed by atoms with Crippen LogP contribution in [-0.4, -0.2) is 32.9 Å². The molecule has 2 aromatic heterocycles. The van der Waals surface area contributed by atoms with Crippen molar-refractivity contribution in [3.63, 3.8) is 0 Å². The van der Waals surface area contributed by atoms with Crippen LogP contribution in [0.25, 0.3) is 22.3 Å². The molecule has 0 atom stereocenters. The Morgan fingerprint density at radius 3 is 2.38 bits per heavy atom. The largest absolute Gasteiger partial charge is 0.489 e. The fourth-order valence-electron chi connectivity index (χ4n) is 4.87. The first-order valence-corrected chi connectivity index (χ1v) is 13.0. The van der Waals surface area contributed by atoms with Crippen molar-refractivity contribution in [2.24, 2.45) is 0 Å². The van der Waals surface area contributed by atoms with Crippen molar-refractivity contribution in [3.8, 4) is 17.0 Å². The van der Waals surface area contributed by atoms with Gasteiger partial charge in [0, 0.05) is 17.9 Å². The van der Waals surface area contributed by atoms with E-state index in [1.807, 2.05) is 42.5 Å². The summed E-state index contributed by atoms with van der Waals surface area (Å²) in [6.07, 6.45) is 5.58. The van der Waals surface area contributed by atoms with Crippen molar-refractivity contribution < 1.29 is 4.74 Å². The molecule has 1 aliphatic heterocycles. The standard InChI is InChI=1S/C31H31N5O/c1-3-7-24(8-4-1)21-37-27-15-13-26(14-16-27)34-30-28-19-29(35-31(28)33-22-32-30)25-11-9-23(10-12-25)20-36-17-5-2-6-18-36/h1,3-4,7-16,19,22H,2,5-6,17-18,20-21H2,(H2,32,33,34,35). The molecule has 0 radical (unpaired) electrons. The molecule has 0 saturated carbocycles. The molecule has 0 amide bonds. The van der Waals surface area contributed by atoms with Crippen LogP contribution in [0, 0.1) is 0 Å². The summed E-state index contributed by atoms with van der Waals surface area (Å²) in [6.45, 7) is 4.00. The Kier molecular flexibility index (Phi) is 6.82. The number of aromatic nitrogens is 3. The van der Waals surface area contributed by atoms with Crippen LogP contribution in [0.4, 0.5) is 11.5 Å². The molecule has 6 nitrogen and oxygen atoms in total. The number of likely N-dealkylation sites (tertiary alicyclic amines) is 1. The van der Waals surface area contributed by atoms with Crippen LogP contribution >= 0.6 is 0 Å². The SMILES string of the molecule is c1ccc(COc2ccc(Nc3ncnc4[nH]c(-c5ccc(CN6CCCCC6)cc5)cc34)cc2)cc1. The number of rotatable bonds is 8. The lowest BCUT2D eigenvalue weighted by Crippen LogP contribution is -2.28. The molecule has 1 fully saturated rings. The second kappa shape index (κ2) is 10.8. The third kappa shape index (κ3) is 5.65. The molecule has 3 aromatic carbocycles. The molecule has 2 N–H and O–H groups in total. The number of H-pyrrole nitrogens is 1. The van der Waals surface area contributed by atoms with E-state index in [1.54, 1.807) is 6.33 Å². The van der Waals surface area contributed by atoms with Crippen LogP contribution in [-0.2, 0) is 13.2 Å². The van der Waals surface area contributed by atoms with E-state index < -0.39 is 0 Å².